The number of hydrogen-bond acceptors (Lipinski definition) is 5. The molecule has 2 aromatic rings. The molecule has 1 heterocycles. The molecule has 5 nitrogen and oxygen atoms in total. The molecule has 0 bridgehead atoms. The van der Waals surface area contributed by atoms with Gasteiger partial charge in [-0.2, -0.15) is 4.98 Å². The van der Waals surface area contributed by atoms with Crippen LogP contribution in [0.3, 0.4) is 0 Å². The first-order valence-electron chi connectivity index (χ1n) is 6.03. The van der Waals surface area contributed by atoms with Gasteiger partial charge in [0.1, 0.15) is 18.2 Å². The van der Waals surface area contributed by atoms with E-state index in [1.807, 2.05) is 6.92 Å². The van der Waals surface area contributed by atoms with Gasteiger partial charge in [0, 0.05) is 18.7 Å². The molecule has 0 spiro atoms. The van der Waals surface area contributed by atoms with Crippen molar-refractivity contribution in [3.63, 3.8) is 0 Å². The first-order valence-corrected chi connectivity index (χ1v) is 7.16. The van der Waals surface area contributed by atoms with Crippen LogP contribution in [-0.2, 0) is 11.3 Å². The summed E-state index contributed by atoms with van der Waals surface area (Å²) in [6.45, 7) is 2.67. The topological polar surface area (TPSA) is 70.3 Å². The molecule has 1 aromatic heterocycles. The Labute approximate surface area is 136 Å². The maximum atomic E-state index is 6.05. The van der Waals surface area contributed by atoms with Crippen LogP contribution in [0, 0.1) is 0 Å². The van der Waals surface area contributed by atoms with Gasteiger partial charge in [0.25, 0.3) is 0 Å². The van der Waals surface area contributed by atoms with Crippen molar-refractivity contribution in [3.8, 4) is 11.6 Å². The summed E-state index contributed by atoms with van der Waals surface area (Å²) in [6.07, 6.45) is 0. The Morgan fingerprint density at radius 2 is 1.76 bits per heavy atom. The van der Waals surface area contributed by atoms with Crippen LogP contribution in [0.15, 0.2) is 18.2 Å². The third-order valence-corrected chi connectivity index (χ3v) is 3.41. The van der Waals surface area contributed by atoms with Crippen LogP contribution in [0.5, 0.6) is 11.6 Å². The Morgan fingerprint density at radius 1 is 1.05 bits per heavy atom. The average Bonchev–Trinajstić information content (AvgIpc) is 2.42. The van der Waals surface area contributed by atoms with E-state index < -0.39 is 0 Å². The third-order valence-electron chi connectivity index (χ3n) is 2.39. The minimum absolute atomic E-state index is 0.243. The summed E-state index contributed by atoms with van der Waals surface area (Å²) >= 11 is 17.8. The SMILES string of the molecule is CCOCc1nc(N)cc(Oc2cc(Cl)c(Cl)cc2Cl)n1. The molecule has 0 radical (unpaired) electrons. The molecule has 0 aliphatic heterocycles. The van der Waals surface area contributed by atoms with E-state index in [1.165, 1.54) is 18.2 Å². The van der Waals surface area contributed by atoms with Gasteiger partial charge in [-0.1, -0.05) is 34.8 Å². The lowest BCUT2D eigenvalue weighted by Gasteiger charge is -2.10. The lowest BCUT2D eigenvalue weighted by molar-refractivity contribution is 0.128. The smallest absolute Gasteiger partial charge is 0.224 e. The van der Waals surface area contributed by atoms with Crippen molar-refractivity contribution in [1.29, 1.82) is 0 Å². The molecular weight excluding hydrogens is 337 g/mol. The molecule has 0 fully saturated rings. The fraction of sp³-hybridized carbons (Fsp3) is 0.231. The lowest BCUT2D eigenvalue weighted by atomic mass is 10.3. The van der Waals surface area contributed by atoms with Crippen molar-refractivity contribution in [2.45, 2.75) is 13.5 Å². The quantitative estimate of drug-likeness (QED) is 0.813. The van der Waals surface area contributed by atoms with E-state index in [-0.39, 0.29) is 18.3 Å². The summed E-state index contributed by atoms with van der Waals surface area (Å²) in [5.41, 5.74) is 5.71. The number of nitrogens with two attached hydrogens (primary N) is 1. The fourth-order valence-electron chi connectivity index (χ4n) is 1.50. The number of halogens is 3. The van der Waals surface area contributed by atoms with Crippen LogP contribution in [0.2, 0.25) is 15.1 Å². The normalized spacial score (nSPS) is 10.7. The Bertz CT molecular complexity index is 653. The molecular formula is C13H12Cl3N3O2. The van der Waals surface area contributed by atoms with Crippen LogP contribution in [0.25, 0.3) is 0 Å². The standard InChI is InChI=1S/C13H12Cl3N3O2/c1-2-20-6-12-18-11(17)5-13(19-12)21-10-4-8(15)7(14)3-9(10)16/h3-5H,2,6H2,1H3,(H2,17,18,19). The minimum atomic E-state index is 0.243. The Kier molecular flexibility index (Phi) is 5.47. The number of aromatic nitrogens is 2. The second-order valence-corrected chi connectivity index (χ2v) is 5.20. The Morgan fingerprint density at radius 3 is 2.48 bits per heavy atom. The number of hydrogen-bond donors (Lipinski definition) is 1. The molecule has 112 valence electrons. The minimum Gasteiger partial charge on any atom is -0.437 e. The van der Waals surface area contributed by atoms with E-state index in [2.05, 4.69) is 9.97 Å². The van der Waals surface area contributed by atoms with Crippen LogP contribution >= 0.6 is 34.8 Å². The zero-order valence-corrected chi connectivity index (χ0v) is 13.3. The van der Waals surface area contributed by atoms with E-state index in [4.69, 9.17) is 50.0 Å². The highest BCUT2D eigenvalue weighted by atomic mass is 35.5. The second kappa shape index (κ2) is 7.13. The molecule has 1 aromatic carbocycles. The molecule has 0 atom stereocenters. The van der Waals surface area contributed by atoms with E-state index >= 15 is 0 Å². The highest BCUT2D eigenvalue weighted by molar-refractivity contribution is 6.43. The van der Waals surface area contributed by atoms with Gasteiger partial charge in [-0.05, 0) is 13.0 Å². The van der Waals surface area contributed by atoms with Crippen molar-refractivity contribution in [1.82, 2.24) is 9.97 Å². The van der Waals surface area contributed by atoms with Crippen molar-refractivity contribution in [3.05, 3.63) is 39.1 Å². The van der Waals surface area contributed by atoms with Crippen molar-refractivity contribution < 1.29 is 9.47 Å². The predicted octanol–water partition coefficient (Wildman–Crippen LogP) is 4.35. The number of nitrogens with zero attached hydrogens (tertiary/aromatic N) is 2. The molecule has 0 saturated heterocycles. The molecule has 8 heteroatoms. The van der Waals surface area contributed by atoms with Gasteiger partial charge >= 0.3 is 0 Å². The van der Waals surface area contributed by atoms with Crippen LogP contribution < -0.4 is 10.5 Å². The van der Waals surface area contributed by atoms with Crippen LogP contribution in [-0.4, -0.2) is 16.6 Å². The number of benzene rings is 1. The van der Waals surface area contributed by atoms with E-state index in [9.17, 15) is 0 Å². The van der Waals surface area contributed by atoms with Gasteiger partial charge < -0.3 is 15.2 Å². The Hall–Kier alpha value is -1.27. The fourth-order valence-corrected chi connectivity index (χ4v) is 2.07. The number of anilines is 1. The first kappa shape index (κ1) is 16.1. The molecule has 0 amide bonds. The number of nitrogen functional groups attached to an aromatic ring is 1. The monoisotopic (exact) mass is 347 g/mol. The van der Waals surface area contributed by atoms with Gasteiger partial charge in [0.15, 0.2) is 5.82 Å². The molecule has 0 unspecified atom stereocenters. The second-order valence-electron chi connectivity index (χ2n) is 3.98. The molecule has 2 rings (SSSR count). The summed E-state index contributed by atoms with van der Waals surface area (Å²) in [5.74, 6) is 1.26. The molecule has 2 N–H and O–H groups in total. The van der Waals surface area contributed by atoms with Crippen molar-refractivity contribution >= 4 is 40.6 Å². The van der Waals surface area contributed by atoms with Gasteiger partial charge in [-0.15, -0.1) is 0 Å². The lowest BCUT2D eigenvalue weighted by Crippen LogP contribution is -2.03. The van der Waals surface area contributed by atoms with E-state index in [1.54, 1.807) is 0 Å². The zero-order valence-electron chi connectivity index (χ0n) is 11.1. The van der Waals surface area contributed by atoms with E-state index in [0.717, 1.165) is 0 Å². The van der Waals surface area contributed by atoms with Crippen LogP contribution in [0.1, 0.15) is 12.7 Å². The summed E-state index contributed by atoms with van der Waals surface area (Å²) in [6, 6.07) is 4.48. The number of ether oxygens (including phenoxy) is 2. The number of rotatable bonds is 5. The maximum absolute atomic E-state index is 6.05. The summed E-state index contributed by atoms with van der Waals surface area (Å²) < 4.78 is 10.8. The van der Waals surface area contributed by atoms with Crippen LogP contribution in [0.4, 0.5) is 5.82 Å². The first-order chi connectivity index (χ1) is 9.99. The van der Waals surface area contributed by atoms with Gasteiger partial charge in [-0.25, -0.2) is 4.98 Å². The predicted molar refractivity (Wildman–Crippen MR) is 83.3 cm³/mol. The van der Waals surface area contributed by atoms with Gasteiger partial charge in [-0.3, -0.25) is 0 Å². The highest BCUT2D eigenvalue weighted by Crippen LogP contribution is 2.36. The Balaban J connectivity index is 2.27. The molecule has 21 heavy (non-hydrogen) atoms. The largest absolute Gasteiger partial charge is 0.437 e. The van der Waals surface area contributed by atoms with Gasteiger partial charge in [0.2, 0.25) is 5.88 Å². The summed E-state index contributed by atoms with van der Waals surface area (Å²) in [5, 5.41) is 0.980. The van der Waals surface area contributed by atoms with E-state index in [0.29, 0.717) is 33.2 Å². The van der Waals surface area contributed by atoms with Gasteiger partial charge in [0.05, 0.1) is 15.1 Å². The third kappa shape index (κ3) is 4.35. The summed E-state index contributed by atoms with van der Waals surface area (Å²) in [7, 11) is 0. The summed E-state index contributed by atoms with van der Waals surface area (Å²) in [4.78, 5) is 8.24. The highest BCUT2D eigenvalue weighted by Gasteiger charge is 2.11. The zero-order chi connectivity index (χ0) is 15.4. The molecule has 0 saturated carbocycles. The molecule has 0 aliphatic rings. The van der Waals surface area contributed by atoms with Crippen molar-refractivity contribution in [2.75, 3.05) is 12.3 Å². The van der Waals surface area contributed by atoms with Crippen molar-refractivity contribution in [2.24, 2.45) is 0 Å². The molecule has 0 aliphatic carbocycles. The average molecular weight is 349 g/mol. The maximum Gasteiger partial charge on any atom is 0.224 e.